The fourth-order valence-electron chi connectivity index (χ4n) is 5.05. The first-order valence-corrected chi connectivity index (χ1v) is 12.4. The van der Waals surface area contributed by atoms with Crippen molar-refractivity contribution in [1.82, 2.24) is 20.9 Å². The molecule has 2 aromatic rings. The fraction of sp³-hybridized carbons (Fsp3) is 0.429. The van der Waals surface area contributed by atoms with E-state index in [9.17, 15) is 14.9 Å². The highest BCUT2D eigenvalue weighted by Gasteiger charge is 2.52. The second kappa shape index (κ2) is 10.5. The Balaban J connectivity index is 1.51. The molecule has 2 amide bonds. The number of nitrogens with zero attached hydrogens (tertiary/aromatic N) is 3. The van der Waals surface area contributed by atoms with Crippen LogP contribution in [0.1, 0.15) is 59.1 Å². The van der Waals surface area contributed by atoms with Gasteiger partial charge >= 0.3 is 0 Å². The van der Waals surface area contributed by atoms with Gasteiger partial charge in [0.25, 0.3) is 5.91 Å². The summed E-state index contributed by atoms with van der Waals surface area (Å²) in [7, 11) is 3.69. The molecule has 3 N–H and O–H groups in total. The summed E-state index contributed by atoms with van der Waals surface area (Å²) in [5, 5.41) is 18.6. The molecule has 2 aliphatic rings. The van der Waals surface area contributed by atoms with Gasteiger partial charge in [-0.25, -0.2) is 4.98 Å². The highest BCUT2D eigenvalue weighted by molar-refractivity contribution is 6.01. The van der Waals surface area contributed by atoms with Crippen LogP contribution in [0.25, 0.3) is 5.57 Å². The highest BCUT2D eigenvalue weighted by Crippen LogP contribution is 2.51. The van der Waals surface area contributed by atoms with E-state index in [2.05, 4.69) is 33.9 Å². The minimum atomic E-state index is -0.318. The molecular weight excluding hydrogens is 452 g/mol. The summed E-state index contributed by atoms with van der Waals surface area (Å²) in [6.45, 7) is 5.45. The number of nitriles is 1. The van der Waals surface area contributed by atoms with E-state index in [1.54, 1.807) is 12.1 Å². The minimum absolute atomic E-state index is 0.148. The Labute approximate surface area is 212 Å². The van der Waals surface area contributed by atoms with Crippen molar-refractivity contribution in [3.05, 3.63) is 64.6 Å². The molecule has 0 spiro atoms. The van der Waals surface area contributed by atoms with Crippen LogP contribution in [0.4, 0.5) is 5.69 Å². The Kier molecular flexibility index (Phi) is 7.41. The van der Waals surface area contributed by atoms with Crippen molar-refractivity contribution in [2.75, 3.05) is 32.1 Å². The SMILES string of the molecule is CN/C=C(\CNC)c1cc(C#N)cc(CNC(=O)c2cc(N3CC[C@@](C)(C4CC4)C3=O)cc(C)n2)c1. The van der Waals surface area contributed by atoms with Gasteiger partial charge in [0.2, 0.25) is 5.91 Å². The van der Waals surface area contributed by atoms with Crippen LogP contribution in [-0.2, 0) is 11.3 Å². The van der Waals surface area contributed by atoms with Crippen molar-refractivity contribution in [3.8, 4) is 6.07 Å². The Morgan fingerprint density at radius 2 is 2.03 bits per heavy atom. The normalized spacial score (nSPS) is 19.8. The zero-order valence-electron chi connectivity index (χ0n) is 21.4. The summed E-state index contributed by atoms with van der Waals surface area (Å²) in [6.07, 6.45) is 4.97. The molecule has 1 aliphatic heterocycles. The van der Waals surface area contributed by atoms with Crippen LogP contribution in [0, 0.1) is 29.6 Å². The van der Waals surface area contributed by atoms with Crippen molar-refractivity contribution >= 4 is 23.1 Å². The molecule has 1 saturated carbocycles. The molecule has 1 saturated heterocycles. The largest absolute Gasteiger partial charge is 0.394 e. The van der Waals surface area contributed by atoms with Crippen molar-refractivity contribution in [2.24, 2.45) is 11.3 Å². The zero-order chi connectivity index (χ0) is 25.9. The average Bonchev–Trinajstić information content (AvgIpc) is 3.68. The van der Waals surface area contributed by atoms with Gasteiger partial charge in [0.1, 0.15) is 5.69 Å². The molecule has 36 heavy (non-hydrogen) atoms. The summed E-state index contributed by atoms with van der Waals surface area (Å²) in [6, 6.07) is 11.4. The molecule has 1 atom stereocenters. The molecule has 2 fully saturated rings. The number of likely N-dealkylation sites (N-methyl/N-ethyl adjacent to an activating group) is 1. The van der Waals surface area contributed by atoms with Gasteiger partial charge in [0, 0.05) is 44.3 Å². The molecule has 1 aromatic carbocycles. The van der Waals surface area contributed by atoms with Crippen LogP contribution >= 0.6 is 0 Å². The monoisotopic (exact) mass is 486 g/mol. The van der Waals surface area contributed by atoms with E-state index in [0.29, 0.717) is 30.3 Å². The molecule has 2 heterocycles. The first kappa shape index (κ1) is 25.4. The van der Waals surface area contributed by atoms with Gasteiger partial charge in [-0.2, -0.15) is 5.26 Å². The average molecular weight is 487 g/mol. The third-order valence-electron chi connectivity index (χ3n) is 7.18. The number of aromatic nitrogens is 1. The Morgan fingerprint density at radius 1 is 1.25 bits per heavy atom. The third-order valence-corrected chi connectivity index (χ3v) is 7.18. The number of rotatable bonds is 9. The molecule has 0 radical (unpaired) electrons. The lowest BCUT2D eigenvalue weighted by Gasteiger charge is -2.23. The first-order valence-electron chi connectivity index (χ1n) is 12.4. The number of anilines is 1. The quantitative estimate of drug-likeness (QED) is 0.502. The van der Waals surface area contributed by atoms with Gasteiger partial charge in [0.05, 0.1) is 17.0 Å². The summed E-state index contributed by atoms with van der Waals surface area (Å²) >= 11 is 0. The summed E-state index contributed by atoms with van der Waals surface area (Å²) in [4.78, 5) is 32.5. The van der Waals surface area contributed by atoms with Crippen LogP contribution in [-0.4, -0.2) is 44.0 Å². The number of amides is 2. The Morgan fingerprint density at radius 3 is 2.69 bits per heavy atom. The molecule has 1 aliphatic carbocycles. The maximum Gasteiger partial charge on any atom is 0.270 e. The van der Waals surface area contributed by atoms with Crippen LogP contribution in [0.15, 0.2) is 36.5 Å². The fourth-order valence-corrected chi connectivity index (χ4v) is 5.05. The molecule has 0 bridgehead atoms. The van der Waals surface area contributed by atoms with E-state index in [1.165, 1.54) is 0 Å². The molecular formula is C28H34N6O2. The van der Waals surface area contributed by atoms with Gasteiger partial charge < -0.3 is 20.9 Å². The zero-order valence-corrected chi connectivity index (χ0v) is 21.4. The number of pyridine rings is 1. The third kappa shape index (κ3) is 5.26. The van der Waals surface area contributed by atoms with Crippen molar-refractivity contribution < 1.29 is 9.59 Å². The number of benzene rings is 1. The molecule has 8 heteroatoms. The van der Waals surface area contributed by atoms with Crippen molar-refractivity contribution in [2.45, 2.75) is 39.7 Å². The lowest BCUT2D eigenvalue weighted by atomic mass is 9.83. The lowest BCUT2D eigenvalue weighted by Crippen LogP contribution is -2.34. The van der Waals surface area contributed by atoms with Crippen LogP contribution in [0.5, 0.6) is 0 Å². The second-order valence-corrected chi connectivity index (χ2v) is 9.95. The van der Waals surface area contributed by atoms with Crippen LogP contribution < -0.4 is 20.9 Å². The Bertz CT molecular complexity index is 1240. The number of nitrogens with one attached hydrogen (secondary N) is 3. The van der Waals surface area contributed by atoms with Gasteiger partial charge in [0.15, 0.2) is 0 Å². The predicted molar refractivity (Wildman–Crippen MR) is 140 cm³/mol. The van der Waals surface area contributed by atoms with E-state index in [1.807, 2.05) is 50.3 Å². The van der Waals surface area contributed by atoms with E-state index < -0.39 is 0 Å². The molecule has 8 nitrogen and oxygen atoms in total. The summed E-state index contributed by atoms with van der Waals surface area (Å²) in [5.41, 5.74) is 4.65. The van der Waals surface area contributed by atoms with Gasteiger partial charge in [-0.3, -0.25) is 9.59 Å². The summed E-state index contributed by atoms with van der Waals surface area (Å²) < 4.78 is 0. The van der Waals surface area contributed by atoms with Gasteiger partial charge in [-0.1, -0.05) is 6.92 Å². The topological polar surface area (TPSA) is 110 Å². The number of hydrogen-bond acceptors (Lipinski definition) is 6. The van der Waals surface area contributed by atoms with E-state index in [-0.39, 0.29) is 29.5 Å². The number of hydrogen-bond donors (Lipinski definition) is 3. The van der Waals surface area contributed by atoms with Crippen molar-refractivity contribution in [1.29, 1.82) is 5.26 Å². The molecule has 1 aromatic heterocycles. The number of aryl methyl sites for hydroxylation is 1. The minimum Gasteiger partial charge on any atom is -0.394 e. The van der Waals surface area contributed by atoms with E-state index in [4.69, 9.17) is 0 Å². The van der Waals surface area contributed by atoms with E-state index >= 15 is 0 Å². The first-order chi connectivity index (χ1) is 17.3. The molecule has 4 rings (SSSR count). The van der Waals surface area contributed by atoms with Crippen LogP contribution in [0.2, 0.25) is 0 Å². The smallest absolute Gasteiger partial charge is 0.270 e. The van der Waals surface area contributed by atoms with Crippen molar-refractivity contribution in [3.63, 3.8) is 0 Å². The molecule has 188 valence electrons. The maximum absolute atomic E-state index is 13.2. The number of carbonyl (C=O) groups is 2. The standard InChI is InChI=1S/C28H34N6O2/c1-18-9-24(34-8-7-28(2,27(34)36)23-5-6-23)13-25(33-18)26(35)32-15-20-10-19(14-29)11-21(12-20)22(16-30-3)17-31-4/h9-13,16,23,30-31H,5-8,15,17H2,1-4H3,(H,32,35)/b22-16+/t28-/m0/s1. The lowest BCUT2D eigenvalue weighted by molar-refractivity contribution is -0.125. The second-order valence-electron chi connectivity index (χ2n) is 9.95. The maximum atomic E-state index is 13.2. The summed E-state index contributed by atoms with van der Waals surface area (Å²) in [5.74, 6) is 0.308. The van der Waals surface area contributed by atoms with Crippen LogP contribution in [0.3, 0.4) is 0 Å². The molecule has 0 unspecified atom stereocenters. The highest BCUT2D eigenvalue weighted by atomic mass is 16.2. The van der Waals surface area contributed by atoms with Gasteiger partial charge in [-0.05, 0) is 86.2 Å². The van der Waals surface area contributed by atoms with E-state index in [0.717, 1.165) is 41.6 Å². The predicted octanol–water partition coefficient (Wildman–Crippen LogP) is 3.12. The number of carbonyl (C=O) groups excluding carboxylic acids is 2. The van der Waals surface area contributed by atoms with Gasteiger partial charge in [-0.15, -0.1) is 0 Å². The Hall–Kier alpha value is -3.70.